The van der Waals surface area contributed by atoms with Crippen molar-refractivity contribution in [3.05, 3.63) is 29.8 Å². The highest BCUT2D eigenvalue weighted by atomic mass is 19.1. The Morgan fingerprint density at radius 3 is 3.00 bits per heavy atom. The Kier molecular flexibility index (Phi) is 2.84. The molecule has 3 unspecified atom stereocenters. The number of hydrogen-bond acceptors (Lipinski definition) is 3. The van der Waals surface area contributed by atoms with E-state index in [4.69, 9.17) is 0 Å². The van der Waals surface area contributed by atoms with E-state index in [1.165, 1.54) is 12.3 Å². The summed E-state index contributed by atoms with van der Waals surface area (Å²) in [5, 5.41) is 9.83. The average Bonchev–Trinajstić information content (AvgIpc) is 2.82. The van der Waals surface area contributed by atoms with E-state index in [0.717, 1.165) is 38.0 Å². The zero-order valence-electron chi connectivity index (χ0n) is 9.72. The molecule has 1 aliphatic heterocycles. The Hall–Kier alpha value is -1.00. The molecule has 0 aromatic carbocycles. The van der Waals surface area contributed by atoms with Crippen molar-refractivity contribution in [3.8, 4) is 0 Å². The van der Waals surface area contributed by atoms with Gasteiger partial charge >= 0.3 is 0 Å². The Bertz CT molecular complexity index is 412. The molecule has 0 radical (unpaired) electrons. The summed E-state index contributed by atoms with van der Waals surface area (Å²) < 4.78 is 13.0. The highest BCUT2D eigenvalue weighted by Crippen LogP contribution is 2.38. The summed E-state index contributed by atoms with van der Waals surface area (Å²) in [5.41, 5.74) is 0.916. The van der Waals surface area contributed by atoms with Crippen molar-refractivity contribution in [2.24, 2.45) is 11.8 Å². The van der Waals surface area contributed by atoms with E-state index in [9.17, 15) is 9.50 Å². The number of rotatable bonds is 2. The first-order valence-electron chi connectivity index (χ1n) is 6.22. The molecule has 3 nitrogen and oxygen atoms in total. The van der Waals surface area contributed by atoms with E-state index in [-0.39, 0.29) is 11.9 Å². The van der Waals surface area contributed by atoms with Crippen molar-refractivity contribution in [2.45, 2.75) is 25.5 Å². The number of hydrogen-bond donors (Lipinski definition) is 1. The van der Waals surface area contributed by atoms with E-state index in [1.807, 2.05) is 0 Å². The van der Waals surface area contributed by atoms with Gasteiger partial charge in [0, 0.05) is 31.7 Å². The predicted molar refractivity (Wildman–Crippen MR) is 61.7 cm³/mol. The van der Waals surface area contributed by atoms with Gasteiger partial charge in [0.2, 0.25) is 0 Å². The maximum atomic E-state index is 13.0. The second kappa shape index (κ2) is 4.35. The lowest BCUT2D eigenvalue weighted by Crippen LogP contribution is -2.24. The zero-order chi connectivity index (χ0) is 11.8. The largest absolute Gasteiger partial charge is 0.393 e. The molecule has 2 fully saturated rings. The molecular formula is C13H17FN2O. The fraction of sp³-hybridized carbons (Fsp3) is 0.615. The number of nitrogens with zero attached hydrogens (tertiary/aromatic N) is 2. The average molecular weight is 236 g/mol. The molecule has 0 amide bonds. The number of pyridine rings is 1. The standard InChI is InChI=1S/C13H17FN2O/c14-11-3-9(4-15-5-11)6-16-7-10-1-2-13(17)12(10)8-16/h3-5,10,12-13,17H,1-2,6-8H2. The minimum absolute atomic E-state index is 0.129. The van der Waals surface area contributed by atoms with Gasteiger partial charge in [-0.25, -0.2) is 4.39 Å². The van der Waals surface area contributed by atoms with Crippen LogP contribution < -0.4 is 0 Å². The molecule has 1 N–H and O–H groups in total. The molecule has 2 heterocycles. The Morgan fingerprint density at radius 2 is 2.24 bits per heavy atom. The van der Waals surface area contributed by atoms with Gasteiger partial charge in [0.15, 0.2) is 0 Å². The van der Waals surface area contributed by atoms with Crippen LogP contribution in [0.15, 0.2) is 18.5 Å². The van der Waals surface area contributed by atoms with Gasteiger partial charge in [-0.3, -0.25) is 9.88 Å². The molecule has 0 bridgehead atoms. The molecular weight excluding hydrogens is 219 g/mol. The second-order valence-corrected chi connectivity index (χ2v) is 5.27. The normalized spacial score (nSPS) is 32.9. The van der Waals surface area contributed by atoms with Crippen molar-refractivity contribution >= 4 is 0 Å². The van der Waals surface area contributed by atoms with Gasteiger partial charge in [0.05, 0.1) is 12.3 Å². The summed E-state index contributed by atoms with van der Waals surface area (Å²) in [5.74, 6) is 0.782. The van der Waals surface area contributed by atoms with Crippen LogP contribution in [0.25, 0.3) is 0 Å². The van der Waals surface area contributed by atoms with Crippen LogP contribution in [-0.4, -0.2) is 34.2 Å². The summed E-state index contributed by atoms with van der Waals surface area (Å²) in [6.07, 6.45) is 4.89. The first-order valence-corrected chi connectivity index (χ1v) is 6.22. The number of halogens is 1. The van der Waals surface area contributed by atoms with E-state index < -0.39 is 0 Å². The topological polar surface area (TPSA) is 36.4 Å². The minimum Gasteiger partial charge on any atom is -0.393 e. The van der Waals surface area contributed by atoms with Crippen LogP contribution in [-0.2, 0) is 6.54 Å². The molecule has 92 valence electrons. The maximum Gasteiger partial charge on any atom is 0.141 e. The number of fused-ring (bicyclic) bond motifs is 1. The van der Waals surface area contributed by atoms with Crippen molar-refractivity contribution in [1.82, 2.24) is 9.88 Å². The van der Waals surface area contributed by atoms with Gasteiger partial charge < -0.3 is 5.11 Å². The van der Waals surface area contributed by atoms with Crippen LogP contribution in [0, 0.1) is 17.7 Å². The molecule has 3 rings (SSSR count). The van der Waals surface area contributed by atoms with E-state index in [0.29, 0.717) is 11.8 Å². The van der Waals surface area contributed by atoms with Crippen LogP contribution in [0.3, 0.4) is 0 Å². The van der Waals surface area contributed by atoms with Crippen LogP contribution in [0.1, 0.15) is 18.4 Å². The maximum absolute atomic E-state index is 13.0. The summed E-state index contributed by atoms with van der Waals surface area (Å²) >= 11 is 0. The Labute approximate surface area is 100 Å². The van der Waals surface area contributed by atoms with E-state index in [2.05, 4.69) is 9.88 Å². The minimum atomic E-state index is -0.276. The van der Waals surface area contributed by atoms with Gasteiger partial charge in [-0.1, -0.05) is 0 Å². The van der Waals surface area contributed by atoms with Crippen molar-refractivity contribution in [2.75, 3.05) is 13.1 Å². The molecule has 0 spiro atoms. The molecule has 1 aromatic heterocycles. The SMILES string of the molecule is OC1CCC2CN(Cc3cncc(F)c3)CC12. The fourth-order valence-corrected chi connectivity index (χ4v) is 3.26. The molecule has 17 heavy (non-hydrogen) atoms. The lowest BCUT2D eigenvalue weighted by atomic mass is 10.00. The molecule has 4 heteroatoms. The van der Waals surface area contributed by atoms with Gasteiger partial charge in [-0.2, -0.15) is 0 Å². The highest BCUT2D eigenvalue weighted by Gasteiger charge is 2.41. The van der Waals surface area contributed by atoms with Crippen LogP contribution in [0.5, 0.6) is 0 Å². The predicted octanol–water partition coefficient (Wildman–Crippen LogP) is 1.42. The third kappa shape index (κ3) is 2.19. The van der Waals surface area contributed by atoms with Gasteiger partial charge in [0.1, 0.15) is 5.82 Å². The molecule has 1 saturated heterocycles. The monoisotopic (exact) mass is 236 g/mol. The quantitative estimate of drug-likeness (QED) is 0.843. The highest BCUT2D eigenvalue weighted by molar-refractivity contribution is 5.10. The van der Waals surface area contributed by atoms with Crippen molar-refractivity contribution in [3.63, 3.8) is 0 Å². The Morgan fingerprint density at radius 1 is 1.35 bits per heavy atom. The van der Waals surface area contributed by atoms with E-state index >= 15 is 0 Å². The molecule has 3 atom stereocenters. The summed E-state index contributed by atoms with van der Waals surface area (Å²) in [6, 6.07) is 1.54. The smallest absolute Gasteiger partial charge is 0.141 e. The second-order valence-electron chi connectivity index (χ2n) is 5.27. The molecule has 2 aliphatic rings. The summed E-state index contributed by atoms with van der Waals surface area (Å²) in [7, 11) is 0. The first kappa shape index (κ1) is 11.1. The van der Waals surface area contributed by atoms with Gasteiger partial charge in [-0.05, 0) is 30.4 Å². The lowest BCUT2D eigenvalue weighted by molar-refractivity contribution is 0.123. The van der Waals surface area contributed by atoms with Gasteiger partial charge in [-0.15, -0.1) is 0 Å². The third-order valence-corrected chi connectivity index (χ3v) is 4.06. The Balaban J connectivity index is 1.64. The third-order valence-electron chi connectivity index (χ3n) is 4.06. The first-order chi connectivity index (χ1) is 8.22. The van der Waals surface area contributed by atoms with Crippen molar-refractivity contribution in [1.29, 1.82) is 0 Å². The van der Waals surface area contributed by atoms with Crippen LogP contribution in [0.4, 0.5) is 4.39 Å². The molecule has 1 saturated carbocycles. The lowest BCUT2D eigenvalue weighted by Gasteiger charge is -2.17. The van der Waals surface area contributed by atoms with Crippen LogP contribution in [0.2, 0.25) is 0 Å². The number of likely N-dealkylation sites (tertiary alicyclic amines) is 1. The number of aliphatic hydroxyl groups excluding tert-OH is 1. The van der Waals surface area contributed by atoms with Crippen LogP contribution >= 0.6 is 0 Å². The summed E-state index contributed by atoms with van der Waals surface area (Å²) in [4.78, 5) is 6.16. The van der Waals surface area contributed by atoms with Gasteiger partial charge in [0.25, 0.3) is 0 Å². The zero-order valence-corrected chi connectivity index (χ0v) is 9.72. The van der Waals surface area contributed by atoms with E-state index in [1.54, 1.807) is 6.20 Å². The van der Waals surface area contributed by atoms with Crippen molar-refractivity contribution < 1.29 is 9.50 Å². The number of aromatic nitrogens is 1. The number of aliphatic hydroxyl groups is 1. The molecule has 1 aliphatic carbocycles. The fourth-order valence-electron chi connectivity index (χ4n) is 3.26. The summed E-state index contributed by atoms with van der Waals surface area (Å²) in [6.45, 7) is 2.70. The molecule has 1 aromatic rings.